The van der Waals surface area contributed by atoms with E-state index in [0.29, 0.717) is 0 Å². The number of nitrogens with zero attached hydrogens (tertiary/aromatic N) is 1. The topological polar surface area (TPSA) is 48.3 Å². The summed E-state index contributed by atoms with van der Waals surface area (Å²) in [4.78, 5) is 16.0. The highest BCUT2D eigenvalue weighted by molar-refractivity contribution is 5.85. The third-order valence-electron chi connectivity index (χ3n) is 4.17. The van der Waals surface area contributed by atoms with E-state index in [2.05, 4.69) is 88.0 Å². The van der Waals surface area contributed by atoms with E-state index in [1.54, 1.807) is 0 Å². The maximum absolute atomic E-state index is 8.00. The summed E-state index contributed by atoms with van der Waals surface area (Å²) in [5.41, 5.74) is 5.26. The van der Waals surface area contributed by atoms with E-state index in [-0.39, 0.29) is 0 Å². The minimum Gasteiger partial charge on any atom is -0.493 e. The summed E-state index contributed by atoms with van der Waals surface area (Å²) < 4.78 is 7.94. The van der Waals surface area contributed by atoms with Gasteiger partial charge >= 0.3 is 0 Å². The molecule has 3 rings (SSSR count). The predicted octanol–water partition coefficient (Wildman–Crippen LogP) is 6.49. The van der Waals surface area contributed by atoms with E-state index in [1.807, 2.05) is 27.4 Å². The molecule has 0 aliphatic carbocycles. The summed E-state index contributed by atoms with van der Waals surface area (Å²) in [5.74, 6) is 1.04. The first-order valence-electron chi connectivity index (χ1n) is 10.4. The van der Waals surface area contributed by atoms with Crippen molar-refractivity contribution >= 4 is 24.5 Å². The van der Waals surface area contributed by atoms with Gasteiger partial charge in [0, 0.05) is 29.7 Å². The highest BCUT2D eigenvalue weighted by Gasteiger charge is 2.08. The Morgan fingerprint density at radius 3 is 1.77 bits per heavy atom. The second kappa shape index (κ2) is 18.2. The molecule has 0 amide bonds. The zero-order valence-corrected chi connectivity index (χ0v) is 19.8. The molecule has 0 N–H and O–H groups in total. The average Bonchev–Trinajstić information content (AvgIpc) is 3.19. The lowest BCUT2D eigenvalue weighted by Gasteiger charge is -2.11. The Balaban J connectivity index is 0. The summed E-state index contributed by atoms with van der Waals surface area (Å²) in [6.07, 6.45) is 4.17. The molecule has 2 aromatic carbocycles. The largest absolute Gasteiger partial charge is 0.493 e. The van der Waals surface area contributed by atoms with Gasteiger partial charge in [-0.1, -0.05) is 63.1 Å². The van der Waals surface area contributed by atoms with Crippen molar-refractivity contribution in [3.63, 3.8) is 0 Å². The van der Waals surface area contributed by atoms with Crippen molar-refractivity contribution in [2.45, 2.75) is 54.4 Å². The van der Waals surface area contributed by atoms with Gasteiger partial charge in [0.05, 0.1) is 6.61 Å². The molecule has 4 nitrogen and oxygen atoms in total. The molecule has 0 saturated heterocycles. The van der Waals surface area contributed by atoms with Gasteiger partial charge in [-0.25, -0.2) is 0 Å². The zero-order valence-electron chi connectivity index (χ0n) is 19.8. The van der Waals surface area contributed by atoms with Crippen molar-refractivity contribution in [1.82, 2.24) is 4.57 Å². The number of hydrogen-bond acceptors (Lipinski definition) is 3. The molecule has 0 saturated carbocycles. The number of benzene rings is 2. The van der Waals surface area contributed by atoms with E-state index < -0.39 is 0 Å². The van der Waals surface area contributed by atoms with Crippen LogP contribution in [0.15, 0.2) is 48.7 Å². The van der Waals surface area contributed by atoms with E-state index in [9.17, 15) is 0 Å². The van der Waals surface area contributed by atoms with Crippen molar-refractivity contribution in [1.29, 1.82) is 0 Å². The van der Waals surface area contributed by atoms with Crippen LogP contribution in [-0.4, -0.2) is 24.8 Å². The van der Waals surface area contributed by atoms with Gasteiger partial charge in [0.2, 0.25) is 0 Å². The van der Waals surface area contributed by atoms with Crippen LogP contribution in [0, 0.1) is 13.8 Å². The van der Waals surface area contributed by atoms with Crippen LogP contribution in [0.2, 0.25) is 0 Å². The molecule has 0 atom stereocenters. The van der Waals surface area contributed by atoms with Crippen molar-refractivity contribution in [2.24, 2.45) is 7.05 Å². The Morgan fingerprint density at radius 1 is 0.833 bits per heavy atom. The van der Waals surface area contributed by atoms with Crippen LogP contribution in [0.1, 0.15) is 50.8 Å². The van der Waals surface area contributed by atoms with Gasteiger partial charge in [0.25, 0.3) is 0 Å². The van der Waals surface area contributed by atoms with Gasteiger partial charge in [-0.15, -0.1) is 0 Å². The summed E-state index contributed by atoms with van der Waals surface area (Å²) in [6, 6.07) is 14.9. The smallest absolute Gasteiger partial charge is 0.123 e. The van der Waals surface area contributed by atoms with Gasteiger partial charge in [-0.05, 0) is 44.9 Å². The molecule has 166 valence electrons. The molecule has 3 aromatic rings. The number of ether oxygens (including phenoxy) is 1. The quantitative estimate of drug-likeness (QED) is 0.491. The number of hydrogen-bond donors (Lipinski definition) is 0. The van der Waals surface area contributed by atoms with Gasteiger partial charge in [-0.2, -0.15) is 0 Å². The molecule has 0 bridgehead atoms. The predicted molar refractivity (Wildman–Crippen MR) is 130 cm³/mol. The lowest BCUT2D eigenvalue weighted by Crippen LogP contribution is -1.99. The Bertz CT molecular complexity index is 784. The lowest BCUT2D eigenvalue weighted by atomic mass is 10.1. The van der Waals surface area contributed by atoms with Crippen LogP contribution in [0.25, 0.3) is 10.9 Å². The fourth-order valence-electron chi connectivity index (χ4n) is 2.74. The molecule has 1 heterocycles. The Kier molecular flexibility index (Phi) is 17.8. The standard InChI is InChI=1S/C14H19NO.C8H10.C2H6.2CH2O/c1-4-10-16-14-7-6-13-12(11(14)5-2)8-9-15(13)3;1-7-3-5-8(2)6-4-7;3*1-2/h6-9H,4-5,10H2,1-3H3;3-6H,1-2H3;1-2H3;2*1H2. The molecule has 30 heavy (non-hydrogen) atoms. The number of aryl methyl sites for hydroxylation is 4. The fraction of sp³-hybridized carbons (Fsp3) is 0.385. The zero-order chi connectivity index (χ0) is 23.5. The van der Waals surface area contributed by atoms with Crippen LogP contribution in [-0.2, 0) is 23.1 Å². The van der Waals surface area contributed by atoms with Crippen molar-refractivity contribution in [3.8, 4) is 5.75 Å². The molecular weight excluding hydrogens is 374 g/mol. The molecular formula is C26H39NO3. The number of aromatic nitrogens is 1. The summed E-state index contributed by atoms with van der Waals surface area (Å²) in [6.45, 7) is 17.3. The normalized spacial score (nSPS) is 8.77. The van der Waals surface area contributed by atoms with Crippen LogP contribution < -0.4 is 4.74 Å². The number of rotatable bonds is 4. The minimum atomic E-state index is 0.797. The second-order valence-electron chi connectivity index (χ2n) is 6.26. The van der Waals surface area contributed by atoms with Gasteiger partial charge in [0.1, 0.15) is 19.3 Å². The minimum absolute atomic E-state index is 0.797. The first kappa shape index (κ1) is 29.3. The van der Waals surface area contributed by atoms with E-state index in [0.717, 1.165) is 25.2 Å². The van der Waals surface area contributed by atoms with Gasteiger partial charge in [0.15, 0.2) is 0 Å². The van der Waals surface area contributed by atoms with Crippen molar-refractivity contribution in [3.05, 3.63) is 65.4 Å². The Morgan fingerprint density at radius 2 is 1.33 bits per heavy atom. The highest BCUT2D eigenvalue weighted by atomic mass is 16.5. The van der Waals surface area contributed by atoms with Crippen LogP contribution in [0.3, 0.4) is 0 Å². The molecule has 0 aliphatic rings. The van der Waals surface area contributed by atoms with E-state index in [4.69, 9.17) is 14.3 Å². The maximum atomic E-state index is 8.00. The molecule has 0 unspecified atom stereocenters. The van der Waals surface area contributed by atoms with Crippen LogP contribution in [0.4, 0.5) is 0 Å². The summed E-state index contributed by atoms with van der Waals surface area (Å²) in [7, 11) is 2.08. The highest BCUT2D eigenvalue weighted by Crippen LogP contribution is 2.29. The van der Waals surface area contributed by atoms with E-state index >= 15 is 0 Å². The number of fused-ring (bicyclic) bond motifs is 1. The monoisotopic (exact) mass is 413 g/mol. The third-order valence-corrected chi connectivity index (χ3v) is 4.17. The first-order valence-corrected chi connectivity index (χ1v) is 10.4. The number of carbonyl (C=O) groups excluding carboxylic acids is 2. The average molecular weight is 414 g/mol. The van der Waals surface area contributed by atoms with Crippen molar-refractivity contribution in [2.75, 3.05) is 6.61 Å². The molecule has 0 radical (unpaired) electrons. The van der Waals surface area contributed by atoms with E-state index in [1.165, 1.54) is 27.6 Å². The summed E-state index contributed by atoms with van der Waals surface area (Å²) in [5, 5.41) is 1.32. The molecule has 0 fully saturated rings. The van der Waals surface area contributed by atoms with Crippen LogP contribution >= 0.6 is 0 Å². The molecule has 0 aliphatic heterocycles. The third kappa shape index (κ3) is 9.55. The SMILES string of the molecule is C=O.C=O.CC.CCCOc1ccc2c(ccn2C)c1CC.Cc1ccc(C)cc1. The summed E-state index contributed by atoms with van der Waals surface area (Å²) >= 11 is 0. The molecule has 0 spiro atoms. The fourth-order valence-corrected chi connectivity index (χ4v) is 2.74. The maximum Gasteiger partial charge on any atom is 0.123 e. The second-order valence-corrected chi connectivity index (χ2v) is 6.26. The van der Waals surface area contributed by atoms with Gasteiger partial charge in [-0.3, -0.25) is 0 Å². The Labute approximate surface area is 182 Å². The van der Waals surface area contributed by atoms with Gasteiger partial charge < -0.3 is 18.9 Å². The van der Waals surface area contributed by atoms with Crippen molar-refractivity contribution < 1.29 is 14.3 Å². The first-order chi connectivity index (χ1) is 14.6. The Hall–Kier alpha value is -2.88. The van der Waals surface area contributed by atoms with Crippen LogP contribution in [0.5, 0.6) is 5.75 Å². The number of carbonyl (C=O) groups is 2. The molecule has 1 aromatic heterocycles. The lowest BCUT2D eigenvalue weighted by molar-refractivity contribution is -0.0987. The molecule has 4 heteroatoms.